The van der Waals surface area contributed by atoms with Gasteiger partial charge in [-0.05, 0) is 81.3 Å². The van der Waals surface area contributed by atoms with Crippen LogP contribution < -0.4 is 9.99 Å². The maximum absolute atomic E-state index is 14.7. The quantitative estimate of drug-likeness (QED) is 0.0986. The molecule has 0 aliphatic heterocycles. The van der Waals surface area contributed by atoms with Crippen LogP contribution in [0.4, 0.5) is 8.78 Å². The summed E-state index contributed by atoms with van der Waals surface area (Å²) >= 11 is 0. The smallest absolute Gasteiger partial charge is 0.289 e. The summed E-state index contributed by atoms with van der Waals surface area (Å²) in [5.74, 6) is 6.84. The van der Waals surface area contributed by atoms with Crippen molar-refractivity contribution in [2.75, 3.05) is 12.8 Å². The fourth-order valence-electron chi connectivity index (χ4n) is 7.10. The molecule has 1 unspecified atom stereocenters. The molecule has 4 aliphatic carbocycles. The van der Waals surface area contributed by atoms with E-state index in [1.54, 1.807) is 6.07 Å². The summed E-state index contributed by atoms with van der Waals surface area (Å²) in [6.07, 6.45) is 16.0. The number of rotatable bonds is 14. The SMILES string of the molecule is O=P(O)(CCCCCCCCCCCOc1ccc(C#CC23CC4CC(CC(C4)C2)C3)c(F)c1F)NO. The Hall–Kier alpha value is -1.45. The first-order valence-corrected chi connectivity index (χ1v) is 16.0. The van der Waals surface area contributed by atoms with Crippen LogP contribution in [0.25, 0.3) is 0 Å². The van der Waals surface area contributed by atoms with Crippen molar-refractivity contribution in [3.8, 4) is 17.6 Å². The van der Waals surface area contributed by atoms with E-state index in [4.69, 9.17) is 9.94 Å². The molecule has 0 radical (unpaired) electrons. The van der Waals surface area contributed by atoms with Crippen LogP contribution >= 0.6 is 7.52 Å². The minimum atomic E-state index is -3.55. The molecule has 8 heteroatoms. The van der Waals surface area contributed by atoms with E-state index in [-0.39, 0.29) is 22.9 Å². The molecule has 4 aliphatic rings. The maximum atomic E-state index is 14.7. The molecule has 5 nitrogen and oxygen atoms in total. The number of ether oxygens (including phenoxy) is 1. The second-order valence-electron chi connectivity index (χ2n) is 11.7. The third kappa shape index (κ3) is 8.02. The van der Waals surface area contributed by atoms with Crippen molar-refractivity contribution in [1.29, 1.82) is 0 Å². The molecular formula is C29H42F2NO4P. The number of benzene rings is 1. The van der Waals surface area contributed by atoms with Crippen molar-refractivity contribution >= 4 is 7.52 Å². The number of unbranched alkanes of at least 4 members (excludes halogenated alkanes) is 8. The lowest BCUT2D eigenvalue weighted by Gasteiger charge is -2.54. The molecule has 0 saturated heterocycles. The van der Waals surface area contributed by atoms with Crippen molar-refractivity contribution in [2.24, 2.45) is 23.2 Å². The normalized spacial score (nSPS) is 27.5. The highest BCUT2D eigenvalue weighted by molar-refractivity contribution is 7.55. The van der Waals surface area contributed by atoms with Gasteiger partial charge in [0.05, 0.1) is 12.2 Å². The van der Waals surface area contributed by atoms with E-state index >= 15 is 0 Å². The Bertz CT molecular complexity index is 986. The summed E-state index contributed by atoms with van der Waals surface area (Å²) in [6, 6.07) is 3.06. The van der Waals surface area contributed by atoms with Crippen molar-refractivity contribution in [1.82, 2.24) is 5.25 Å². The zero-order valence-corrected chi connectivity index (χ0v) is 22.7. The van der Waals surface area contributed by atoms with Gasteiger partial charge in [-0.15, -0.1) is 5.25 Å². The second kappa shape index (κ2) is 13.1. The van der Waals surface area contributed by atoms with E-state index in [2.05, 4.69) is 11.8 Å². The third-order valence-electron chi connectivity index (χ3n) is 8.57. The summed E-state index contributed by atoms with van der Waals surface area (Å²) in [7, 11) is -3.55. The highest BCUT2D eigenvalue weighted by atomic mass is 31.2. The van der Waals surface area contributed by atoms with Gasteiger partial charge in [0.2, 0.25) is 5.82 Å². The summed E-state index contributed by atoms with van der Waals surface area (Å²) in [5.41, 5.74) is 0.146. The van der Waals surface area contributed by atoms with E-state index in [0.717, 1.165) is 88.4 Å². The minimum Gasteiger partial charge on any atom is -0.490 e. The van der Waals surface area contributed by atoms with Crippen molar-refractivity contribution < 1.29 is 28.2 Å². The van der Waals surface area contributed by atoms with Crippen LogP contribution in [0, 0.1) is 46.6 Å². The van der Waals surface area contributed by atoms with Gasteiger partial charge in [-0.1, -0.05) is 56.8 Å². The van der Waals surface area contributed by atoms with Crippen molar-refractivity contribution in [3.05, 3.63) is 29.3 Å². The van der Waals surface area contributed by atoms with Crippen molar-refractivity contribution in [3.63, 3.8) is 0 Å². The fraction of sp³-hybridized carbons (Fsp3) is 0.724. The Labute approximate surface area is 220 Å². The van der Waals surface area contributed by atoms with Crippen molar-refractivity contribution in [2.45, 2.75) is 96.3 Å². The van der Waals surface area contributed by atoms with Gasteiger partial charge in [0.1, 0.15) is 0 Å². The monoisotopic (exact) mass is 537 g/mol. The lowest BCUT2D eigenvalue weighted by molar-refractivity contribution is -0.0181. The lowest BCUT2D eigenvalue weighted by Crippen LogP contribution is -2.45. The van der Waals surface area contributed by atoms with Crippen LogP contribution in [0.1, 0.15) is 102 Å². The number of hydrogen-bond donors (Lipinski definition) is 3. The van der Waals surface area contributed by atoms with Crippen LogP contribution in [0.3, 0.4) is 0 Å². The van der Waals surface area contributed by atoms with E-state index in [0.29, 0.717) is 13.0 Å². The van der Waals surface area contributed by atoms with Gasteiger partial charge in [-0.2, -0.15) is 4.39 Å². The van der Waals surface area contributed by atoms with Gasteiger partial charge in [0, 0.05) is 11.6 Å². The molecular weight excluding hydrogens is 495 g/mol. The predicted molar refractivity (Wildman–Crippen MR) is 141 cm³/mol. The zero-order chi connectivity index (χ0) is 26.3. The molecule has 3 N–H and O–H groups in total. The summed E-state index contributed by atoms with van der Waals surface area (Å²) in [6.45, 7) is 0.356. The number of nitrogens with one attached hydrogen (secondary N) is 1. The average Bonchev–Trinajstić information content (AvgIpc) is 2.85. The fourth-order valence-corrected chi connectivity index (χ4v) is 7.85. The van der Waals surface area contributed by atoms with Gasteiger partial charge in [0.15, 0.2) is 11.6 Å². The number of halogens is 2. The van der Waals surface area contributed by atoms with E-state index in [1.165, 1.54) is 30.6 Å². The topological polar surface area (TPSA) is 78.8 Å². The molecule has 1 aromatic carbocycles. The van der Waals surface area contributed by atoms with E-state index in [9.17, 15) is 18.2 Å². The van der Waals surface area contributed by atoms with Crippen LogP contribution in [-0.2, 0) is 4.57 Å². The Morgan fingerprint density at radius 3 is 2.00 bits per heavy atom. The standard InChI is InChI=1S/C29H42F2NO4P/c30-27-25(12-13-29-19-22-16-23(20-29)18-24(17-22)21-29)10-11-26(28(27)31)36-14-8-6-4-2-1-3-5-7-9-15-37(34,35)32-33/h10-11,22-24,33H,1-9,14-21H2,(H2,32,34,35). The number of hydrogen-bond acceptors (Lipinski definition) is 3. The lowest BCUT2D eigenvalue weighted by atomic mass is 9.50. The van der Waals surface area contributed by atoms with Gasteiger partial charge in [-0.3, -0.25) is 4.57 Å². The maximum Gasteiger partial charge on any atom is 0.289 e. The average molecular weight is 538 g/mol. The molecule has 4 fully saturated rings. The highest BCUT2D eigenvalue weighted by Crippen LogP contribution is 2.59. The van der Waals surface area contributed by atoms with E-state index < -0.39 is 19.2 Å². The third-order valence-corrected chi connectivity index (χ3v) is 9.80. The van der Waals surface area contributed by atoms with Gasteiger partial charge >= 0.3 is 0 Å². The molecule has 0 spiro atoms. The molecule has 0 amide bonds. The molecule has 5 rings (SSSR count). The first-order chi connectivity index (χ1) is 17.8. The molecule has 1 atom stereocenters. The van der Waals surface area contributed by atoms with Crippen LogP contribution in [0.5, 0.6) is 5.75 Å². The summed E-state index contributed by atoms with van der Waals surface area (Å²) in [4.78, 5) is 9.22. The Balaban J connectivity index is 1.11. The van der Waals surface area contributed by atoms with Gasteiger partial charge in [0.25, 0.3) is 7.52 Å². The first-order valence-electron chi connectivity index (χ1n) is 14.2. The Morgan fingerprint density at radius 2 is 1.43 bits per heavy atom. The van der Waals surface area contributed by atoms with Gasteiger partial charge < -0.3 is 14.8 Å². The second-order valence-corrected chi connectivity index (χ2v) is 13.8. The minimum absolute atomic E-state index is 0.0105. The predicted octanol–water partition coefficient (Wildman–Crippen LogP) is 7.59. The molecule has 4 bridgehead atoms. The molecule has 1 aromatic rings. The highest BCUT2D eigenvalue weighted by Gasteiger charge is 2.50. The first kappa shape index (κ1) is 28.6. The van der Waals surface area contributed by atoms with Crippen LogP contribution in [0.15, 0.2) is 12.1 Å². The van der Waals surface area contributed by atoms with E-state index in [1.807, 2.05) is 0 Å². The summed E-state index contributed by atoms with van der Waals surface area (Å²) < 4.78 is 46.1. The Morgan fingerprint density at radius 1 is 0.892 bits per heavy atom. The van der Waals surface area contributed by atoms with Gasteiger partial charge in [-0.25, -0.2) is 4.39 Å². The molecule has 206 valence electrons. The van der Waals surface area contributed by atoms with Crippen LogP contribution in [0.2, 0.25) is 0 Å². The summed E-state index contributed by atoms with van der Waals surface area (Å²) in [5, 5.41) is 10.0. The largest absolute Gasteiger partial charge is 0.490 e. The molecule has 37 heavy (non-hydrogen) atoms. The molecule has 0 aromatic heterocycles. The Kier molecular flexibility index (Phi) is 10.1. The van der Waals surface area contributed by atoms with Crippen LogP contribution in [-0.4, -0.2) is 22.9 Å². The molecule has 4 saturated carbocycles. The molecule has 0 heterocycles. The zero-order valence-electron chi connectivity index (χ0n) is 21.8.